The van der Waals surface area contributed by atoms with E-state index in [4.69, 9.17) is 5.26 Å². The average Bonchev–Trinajstić information content (AvgIpc) is 2.69. The molecule has 2 aromatic rings. The molecule has 0 bridgehead atoms. The minimum atomic E-state index is 0.436. The Morgan fingerprint density at radius 3 is 3.07 bits per heavy atom. The standard InChI is InChI=1S/C11H10N4/c1-9-7-13-3-2-10(9)8-15-5-4-14-11(15)6-12/h2-5,7H,8H2,1H3. The molecule has 2 aromatic heterocycles. The van der Waals surface area contributed by atoms with Crippen LogP contribution < -0.4 is 0 Å². The summed E-state index contributed by atoms with van der Waals surface area (Å²) >= 11 is 0. The molecule has 15 heavy (non-hydrogen) atoms. The van der Waals surface area contributed by atoms with E-state index in [9.17, 15) is 0 Å². The summed E-state index contributed by atoms with van der Waals surface area (Å²) in [6.07, 6.45) is 7.01. The molecule has 0 aliphatic carbocycles. The molecule has 0 radical (unpaired) electrons. The lowest BCUT2D eigenvalue weighted by atomic mass is 10.1. The third kappa shape index (κ3) is 1.86. The van der Waals surface area contributed by atoms with E-state index in [0.717, 1.165) is 11.1 Å². The lowest BCUT2D eigenvalue weighted by molar-refractivity contribution is 0.775. The van der Waals surface area contributed by atoms with E-state index in [1.807, 2.05) is 23.8 Å². The van der Waals surface area contributed by atoms with Crippen molar-refractivity contribution < 1.29 is 0 Å². The van der Waals surface area contributed by atoms with E-state index < -0.39 is 0 Å². The fourth-order valence-electron chi connectivity index (χ4n) is 1.41. The number of pyridine rings is 1. The Bertz CT molecular complexity index is 507. The second-order valence-electron chi connectivity index (χ2n) is 3.29. The zero-order valence-electron chi connectivity index (χ0n) is 8.38. The molecule has 74 valence electrons. The Balaban J connectivity index is 2.31. The number of imidazole rings is 1. The molecule has 4 nitrogen and oxygen atoms in total. The van der Waals surface area contributed by atoms with Crippen LogP contribution in [-0.2, 0) is 6.54 Å². The van der Waals surface area contributed by atoms with E-state index in [0.29, 0.717) is 12.4 Å². The first-order valence-electron chi connectivity index (χ1n) is 4.62. The van der Waals surface area contributed by atoms with Crippen molar-refractivity contribution in [2.75, 3.05) is 0 Å². The average molecular weight is 198 g/mol. The first-order chi connectivity index (χ1) is 7.31. The molecule has 0 atom stereocenters. The van der Waals surface area contributed by atoms with Gasteiger partial charge in [-0.05, 0) is 24.1 Å². The quantitative estimate of drug-likeness (QED) is 0.734. The Hall–Kier alpha value is -2.15. The van der Waals surface area contributed by atoms with Gasteiger partial charge in [0.2, 0.25) is 5.82 Å². The van der Waals surface area contributed by atoms with Crippen LogP contribution in [0.3, 0.4) is 0 Å². The highest BCUT2D eigenvalue weighted by atomic mass is 15.1. The van der Waals surface area contributed by atoms with Gasteiger partial charge in [0.1, 0.15) is 6.07 Å². The number of nitrogens with zero attached hydrogens (tertiary/aromatic N) is 4. The minimum Gasteiger partial charge on any atom is -0.318 e. The third-order valence-corrected chi connectivity index (χ3v) is 2.29. The molecule has 2 heterocycles. The highest BCUT2D eigenvalue weighted by molar-refractivity contribution is 5.23. The van der Waals surface area contributed by atoms with E-state index in [1.165, 1.54) is 0 Å². The van der Waals surface area contributed by atoms with Crippen LogP contribution in [0.4, 0.5) is 0 Å². The highest BCUT2D eigenvalue weighted by Crippen LogP contribution is 2.08. The van der Waals surface area contributed by atoms with Crippen molar-refractivity contribution in [2.24, 2.45) is 0 Å². The van der Waals surface area contributed by atoms with Crippen molar-refractivity contribution in [2.45, 2.75) is 13.5 Å². The molecule has 0 unspecified atom stereocenters. The smallest absolute Gasteiger partial charge is 0.213 e. The predicted molar refractivity (Wildman–Crippen MR) is 55.0 cm³/mol. The van der Waals surface area contributed by atoms with Gasteiger partial charge in [0.25, 0.3) is 0 Å². The highest BCUT2D eigenvalue weighted by Gasteiger charge is 2.03. The Morgan fingerprint density at radius 2 is 2.33 bits per heavy atom. The van der Waals surface area contributed by atoms with E-state index in [2.05, 4.69) is 16.0 Å². The zero-order valence-corrected chi connectivity index (χ0v) is 8.38. The number of aryl methyl sites for hydroxylation is 1. The van der Waals surface area contributed by atoms with Crippen LogP contribution >= 0.6 is 0 Å². The molecule has 0 saturated carbocycles. The molecule has 0 spiro atoms. The van der Waals surface area contributed by atoms with Crippen molar-refractivity contribution in [3.8, 4) is 6.07 Å². The van der Waals surface area contributed by atoms with Gasteiger partial charge in [0, 0.05) is 24.8 Å². The molecule has 0 amide bonds. The maximum atomic E-state index is 8.81. The second kappa shape index (κ2) is 3.93. The molecule has 0 N–H and O–H groups in total. The molecule has 0 aliphatic heterocycles. The predicted octanol–water partition coefficient (Wildman–Crippen LogP) is 1.51. The lowest BCUT2D eigenvalue weighted by Gasteiger charge is -2.06. The van der Waals surface area contributed by atoms with Gasteiger partial charge in [-0.25, -0.2) is 4.98 Å². The molecular formula is C11H10N4. The van der Waals surface area contributed by atoms with Gasteiger partial charge < -0.3 is 4.57 Å². The van der Waals surface area contributed by atoms with Crippen molar-refractivity contribution in [3.63, 3.8) is 0 Å². The summed E-state index contributed by atoms with van der Waals surface area (Å²) in [6.45, 7) is 2.67. The van der Waals surface area contributed by atoms with Crippen LogP contribution in [0.2, 0.25) is 0 Å². The zero-order chi connectivity index (χ0) is 10.7. The monoisotopic (exact) mass is 198 g/mol. The van der Waals surface area contributed by atoms with Gasteiger partial charge in [-0.3, -0.25) is 4.98 Å². The van der Waals surface area contributed by atoms with Crippen molar-refractivity contribution >= 4 is 0 Å². The fourth-order valence-corrected chi connectivity index (χ4v) is 1.41. The first kappa shape index (κ1) is 9.41. The van der Waals surface area contributed by atoms with Crippen LogP contribution in [0.25, 0.3) is 0 Å². The SMILES string of the molecule is Cc1cnccc1Cn1ccnc1C#N. The largest absolute Gasteiger partial charge is 0.318 e. The molecule has 0 aromatic carbocycles. The maximum Gasteiger partial charge on any atom is 0.213 e. The van der Waals surface area contributed by atoms with E-state index >= 15 is 0 Å². The summed E-state index contributed by atoms with van der Waals surface area (Å²) in [5.41, 5.74) is 2.27. The van der Waals surface area contributed by atoms with E-state index in [-0.39, 0.29) is 0 Å². The van der Waals surface area contributed by atoms with Gasteiger partial charge in [-0.2, -0.15) is 5.26 Å². The molecule has 0 fully saturated rings. The topological polar surface area (TPSA) is 54.5 Å². The van der Waals surface area contributed by atoms with Crippen LogP contribution in [0.15, 0.2) is 30.9 Å². The summed E-state index contributed by atoms with van der Waals surface area (Å²) < 4.78 is 1.82. The molecule has 0 aliphatic rings. The Kier molecular flexibility index (Phi) is 2.46. The number of hydrogen-bond donors (Lipinski definition) is 0. The summed E-state index contributed by atoms with van der Waals surface area (Å²) in [5.74, 6) is 0.436. The Morgan fingerprint density at radius 1 is 1.47 bits per heavy atom. The summed E-state index contributed by atoms with van der Waals surface area (Å²) in [7, 11) is 0. The number of hydrogen-bond acceptors (Lipinski definition) is 3. The summed E-state index contributed by atoms with van der Waals surface area (Å²) in [5, 5.41) is 8.81. The molecule has 0 saturated heterocycles. The van der Waals surface area contributed by atoms with Gasteiger partial charge in [0.05, 0.1) is 6.54 Å². The van der Waals surface area contributed by atoms with Crippen molar-refractivity contribution in [1.82, 2.24) is 14.5 Å². The van der Waals surface area contributed by atoms with Gasteiger partial charge in [-0.1, -0.05) is 0 Å². The summed E-state index contributed by atoms with van der Waals surface area (Å²) in [6, 6.07) is 4.01. The first-order valence-corrected chi connectivity index (χ1v) is 4.62. The maximum absolute atomic E-state index is 8.81. The molecular weight excluding hydrogens is 188 g/mol. The molecule has 4 heteroatoms. The fraction of sp³-hybridized carbons (Fsp3) is 0.182. The number of nitriles is 1. The molecule has 2 rings (SSSR count). The van der Waals surface area contributed by atoms with Crippen LogP contribution in [0.5, 0.6) is 0 Å². The number of aromatic nitrogens is 3. The van der Waals surface area contributed by atoms with Gasteiger partial charge >= 0.3 is 0 Å². The normalized spacial score (nSPS) is 9.87. The number of rotatable bonds is 2. The third-order valence-electron chi connectivity index (χ3n) is 2.29. The van der Waals surface area contributed by atoms with Gasteiger partial charge in [0.15, 0.2) is 0 Å². The van der Waals surface area contributed by atoms with Crippen LogP contribution in [0.1, 0.15) is 17.0 Å². The van der Waals surface area contributed by atoms with Gasteiger partial charge in [-0.15, -0.1) is 0 Å². The summed E-state index contributed by atoms with van der Waals surface area (Å²) in [4.78, 5) is 7.97. The minimum absolute atomic E-state index is 0.436. The lowest BCUT2D eigenvalue weighted by Crippen LogP contribution is -2.03. The van der Waals surface area contributed by atoms with Crippen LogP contribution in [0, 0.1) is 18.3 Å². The van der Waals surface area contributed by atoms with Crippen molar-refractivity contribution in [1.29, 1.82) is 5.26 Å². The van der Waals surface area contributed by atoms with E-state index in [1.54, 1.807) is 18.6 Å². The Labute approximate surface area is 87.8 Å². The van der Waals surface area contributed by atoms with Crippen LogP contribution in [-0.4, -0.2) is 14.5 Å². The van der Waals surface area contributed by atoms with Crippen molar-refractivity contribution in [3.05, 3.63) is 47.8 Å². The second-order valence-corrected chi connectivity index (χ2v) is 3.29.